The van der Waals surface area contributed by atoms with Crippen LogP contribution in [0, 0.1) is 12.7 Å². The summed E-state index contributed by atoms with van der Waals surface area (Å²) in [4.78, 5) is 31.3. The first-order valence-electron chi connectivity index (χ1n) is 14.2. The van der Waals surface area contributed by atoms with Crippen LogP contribution in [0.5, 0.6) is 0 Å². The number of aromatic amines is 1. The molecule has 4 N–H and O–H groups in total. The van der Waals surface area contributed by atoms with Crippen molar-refractivity contribution < 1.29 is 18.7 Å². The molecule has 4 aromatic rings. The first kappa shape index (κ1) is 28.9. The number of fused-ring (bicyclic) bond motifs is 2. The molecule has 0 radical (unpaired) electrons. The summed E-state index contributed by atoms with van der Waals surface area (Å²) >= 11 is 0. The third kappa shape index (κ3) is 6.48. The summed E-state index contributed by atoms with van der Waals surface area (Å²) in [5, 5.41) is 3.85. The Kier molecular flexibility index (Phi) is 8.07. The number of carbonyl (C=O) groups excluding carboxylic acids is 2. The Morgan fingerprint density at radius 3 is 2.69 bits per heavy atom. The van der Waals surface area contributed by atoms with Gasteiger partial charge in [-0.15, -0.1) is 0 Å². The van der Waals surface area contributed by atoms with E-state index < -0.39 is 11.4 Å². The first-order valence-corrected chi connectivity index (χ1v) is 14.2. The molecule has 1 atom stereocenters. The van der Waals surface area contributed by atoms with E-state index in [1.54, 1.807) is 6.08 Å². The second-order valence-corrected chi connectivity index (χ2v) is 11.8. The number of amides is 2. The molecule has 0 aliphatic heterocycles. The number of hydrogen-bond donors (Lipinski definition) is 3. The molecule has 218 valence electrons. The predicted octanol–water partition coefficient (Wildman–Crippen LogP) is 7.32. The number of nitrogens with zero attached hydrogens (tertiary/aromatic N) is 1. The Hall–Kier alpha value is -4.59. The summed E-state index contributed by atoms with van der Waals surface area (Å²) in [5.41, 5.74) is 12.2. The Bertz CT molecular complexity index is 1670. The van der Waals surface area contributed by atoms with E-state index in [2.05, 4.69) is 35.4 Å². The van der Waals surface area contributed by atoms with Gasteiger partial charge in [-0.25, -0.2) is 9.18 Å². The fourth-order valence-electron chi connectivity index (χ4n) is 5.62. The summed E-state index contributed by atoms with van der Waals surface area (Å²) in [6, 6.07) is 18.0. The SMILES string of the molecule is Cc1[nH]c2ccccc2c1CCN(C(=O)OC(C)(C)C)C1CCc2cc(/C=C/C(=O)Nc3ccc(F)cc3N)ccc21. The number of halogens is 1. The number of para-hydroxylation sites is 1. The van der Waals surface area contributed by atoms with Crippen LogP contribution in [0.1, 0.15) is 61.2 Å². The molecule has 1 unspecified atom stereocenters. The minimum atomic E-state index is -0.610. The van der Waals surface area contributed by atoms with Gasteiger partial charge in [-0.2, -0.15) is 0 Å². The van der Waals surface area contributed by atoms with Crippen LogP contribution in [0.3, 0.4) is 0 Å². The van der Waals surface area contributed by atoms with E-state index in [4.69, 9.17) is 10.5 Å². The summed E-state index contributed by atoms with van der Waals surface area (Å²) < 4.78 is 19.2. The Morgan fingerprint density at radius 1 is 1.14 bits per heavy atom. The minimum absolute atomic E-state index is 0.108. The summed E-state index contributed by atoms with van der Waals surface area (Å²) in [6.07, 6.45) is 5.14. The van der Waals surface area contributed by atoms with Crippen molar-refractivity contribution in [2.24, 2.45) is 0 Å². The quantitative estimate of drug-likeness (QED) is 0.161. The van der Waals surface area contributed by atoms with E-state index in [0.29, 0.717) is 18.7 Å². The molecule has 0 saturated heterocycles. The van der Waals surface area contributed by atoms with Crippen LogP contribution in [-0.4, -0.2) is 34.0 Å². The summed E-state index contributed by atoms with van der Waals surface area (Å²) in [6.45, 7) is 8.25. The largest absolute Gasteiger partial charge is 0.444 e. The van der Waals surface area contributed by atoms with Crippen molar-refractivity contribution in [3.05, 3.63) is 101 Å². The molecule has 1 aromatic heterocycles. The number of aromatic nitrogens is 1. The molecular weight excluding hydrogens is 531 g/mol. The van der Waals surface area contributed by atoms with E-state index in [0.717, 1.165) is 40.7 Å². The number of H-pyrrole nitrogens is 1. The highest BCUT2D eigenvalue weighted by Gasteiger charge is 2.34. The average Bonchev–Trinajstić information content (AvgIpc) is 3.48. The normalized spacial score (nSPS) is 14.7. The van der Waals surface area contributed by atoms with Gasteiger partial charge >= 0.3 is 6.09 Å². The summed E-state index contributed by atoms with van der Waals surface area (Å²) in [7, 11) is 0. The number of ether oxygens (including phenoxy) is 1. The van der Waals surface area contributed by atoms with E-state index in [9.17, 15) is 14.0 Å². The highest BCUT2D eigenvalue weighted by atomic mass is 19.1. The van der Waals surface area contributed by atoms with E-state index in [1.807, 2.05) is 49.9 Å². The van der Waals surface area contributed by atoms with Crippen LogP contribution in [0.2, 0.25) is 0 Å². The predicted molar refractivity (Wildman–Crippen MR) is 166 cm³/mol. The molecule has 0 fully saturated rings. The molecule has 0 saturated carbocycles. The van der Waals surface area contributed by atoms with E-state index in [-0.39, 0.29) is 23.7 Å². The number of nitrogen functional groups attached to an aromatic ring is 1. The number of benzene rings is 3. The van der Waals surface area contributed by atoms with Crippen LogP contribution < -0.4 is 11.1 Å². The van der Waals surface area contributed by atoms with Crippen molar-refractivity contribution in [3.8, 4) is 0 Å². The van der Waals surface area contributed by atoms with Crippen molar-refractivity contribution in [1.82, 2.24) is 9.88 Å². The van der Waals surface area contributed by atoms with Gasteiger partial charge in [0.05, 0.1) is 17.4 Å². The second kappa shape index (κ2) is 11.7. The minimum Gasteiger partial charge on any atom is -0.444 e. The number of rotatable bonds is 7. The van der Waals surface area contributed by atoms with Gasteiger partial charge in [0.2, 0.25) is 5.91 Å². The molecule has 1 heterocycles. The topological polar surface area (TPSA) is 100 Å². The lowest BCUT2D eigenvalue weighted by Crippen LogP contribution is -2.40. The fourth-order valence-corrected chi connectivity index (χ4v) is 5.62. The lowest BCUT2D eigenvalue weighted by atomic mass is 10.0. The first-order chi connectivity index (χ1) is 20.0. The lowest BCUT2D eigenvalue weighted by Gasteiger charge is -2.32. The lowest BCUT2D eigenvalue weighted by molar-refractivity contribution is -0.111. The van der Waals surface area contributed by atoms with Crippen molar-refractivity contribution in [3.63, 3.8) is 0 Å². The van der Waals surface area contributed by atoms with Gasteiger partial charge in [0, 0.05) is 29.2 Å². The molecule has 1 aliphatic rings. The number of hydrogen-bond acceptors (Lipinski definition) is 4. The second-order valence-electron chi connectivity index (χ2n) is 11.8. The van der Waals surface area contributed by atoms with Gasteiger partial charge in [0.25, 0.3) is 0 Å². The standard InChI is InChI=1S/C34H37FN4O3/c1-21-25(27-7-5-6-8-29(27)37-21)17-18-39(33(41)42-34(2,3)4)31-15-11-23-19-22(9-13-26(23)31)10-16-32(40)38-30-14-12-24(35)20-28(30)36/h5-10,12-14,16,19-20,31,37H,11,15,17-18,36H2,1-4H3,(H,38,40)/b16-10+. The monoisotopic (exact) mass is 568 g/mol. The zero-order valence-corrected chi connectivity index (χ0v) is 24.5. The van der Waals surface area contributed by atoms with Gasteiger partial charge in [-0.1, -0.05) is 36.4 Å². The number of nitrogens with one attached hydrogen (secondary N) is 2. The van der Waals surface area contributed by atoms with Crippen LogP contribution in [0.15, 0.2) is 66.7 Å². The Balaban J connectivity index is 1.33. The third-order valence-electron chi connectivity index (χ3n) is 7.55. The zero-order valence-electron chi connectivity index (χ0n) is 24.5. The molecule has 1 aliphatic carbocycles. The van der Waals surface area contributed by atoms with Gasteiger partial charge < -0.3 is 25.7 Å². The van der Waals surface area contributed by atoms with Crippen molar-refractivity contribution in [2.45, 2.75) is 58.6 Å². The molecule has 0 bridgehead atoms. The van der Waals surface area contributed by atoms with Crippen LogP contribution in [-0.2, 0) is 22.4 Å². The molecule has 2 amide bonds. The maximum Gasteiger partial charge on any atom is 0.410 e. The van der Waals surface area contributed by atoms with E-state index in [1.165, 1.54) is 35.2 Å². The van der Waals surface area contributed by atoms with Crippen molar-refractivity contribution >= 4 is 40.4 Å². The Morgan fingerprint density at radius 2 is 1.93 bits per heavy atom. The number of carbonyl (C=O) groups is 2. The Labute approximate surface area is 245 Å². The molecule has 7 nitrogen and oxygen atoms in total. The number of anilines is 2. The van der Waals surface area contributed by atoms with Gasteiger partial charge in [-0.3, -0.25) is 4.79 Å². The molecule has 5 rings (SSSR count). The number of aryl methyl sites for hydroxylation is 2. The smallest absolute Gasteiger partial charge is 0.410 e. The van der Waals surface area contributed by atoms with Crippen LogP contribution in [0.25, 0.3) is 17.0 Å². The maximum atomic E-state index is 13.5. The van der Waals surface area contributed by atoms with Crippen LogP contribution in [0.4, 0.5) is 20.6 Å². The fraction of sp³-hybridized carbons (Fsp3) is 0.294. The molecule has 8 heteroatoms. The van der Waals surface area contributed by atoms with Crippen molar-refractivity contribution in [2.75, 3.05) is 17.6 Å². The molecular formula is C34H37FN4O3. The third-order valence-corrected chi connectivity index (χ3v) is 7.55. The number of nitrogens with two attached hydrogens (primary N) is 1. The molecule has 3 aromatic carbocycles. The van der Waals surface area contributed by atoms with Crippen molar-refractivity contribution in [1.29, 1.82) is 0 Å². The summed E-state index contributed by atoms with van der Waals surface area (Å²) in [5.74, 6) is -0.828. The highest BCUT2D eigenvalue weighted by Crippen LogP contribution is 2.38. The molecule has 42 heavy (non-hydrogen) atoms. The molecule has 0 spiro atoms. The van der Waals surface area contributed by atoms with Crippen LogP contribution >= 0.6 is 0 Å². The zero-order chi connectivity index (χ0) is 30.0. The van der Waals surface area contributed by atoms with Gasteiger partial charge in [0.1, 0.15) is 11.4 Å². The van der Waals surface area contributed by atoms with Gasteiger partial charge in [-0.05, 0) is 99.6 Å². The average molecular weight is 569 g/mol. The van der Waals surface area contributed by atoms with E-state index >= 15 is 0 Å². The highest BCUT2D eigenvalue weighted by molar-refractivity contribution is 6.03. The maximum absolute atomic E-state index is 13.5. The van der Waals surface area contributed by atoms with Gasteiger partial charge in [0.15, 0.2) is 0 Å².